The Labute approximate surface area is 328 Å². The van der Waals surface area contributed by atoms with Crippen LogP contribution in [0.4, 0.5) is 22.7 Å². The maximum Gasteiger partial charge on any atom is 0.269 e. The molecule has 56 heavy (non-hydrogen) atoms. The normalized spacial score (nSPS) is 24.4. The van der Waals surface area contributed by atoms with Gasteiger partial charge in [-0.2, -0.15) is 0 Å². The van der Waals surface area contributed by atoms with Crippen molar-refractivity contribution in [3.05, 3.63) is 118 Å². The van der Waals surface area contributed by atoms with Gasteiger partial charge in [-0.15, -0.1) is 0 Å². The van der Waals surface area contributed by atoms with Crippen LogP contribution in [0, 0.1) is 16.0 Å². The molecule has 8 rings (SSSR count). The molecule has 2 N–H and O–H groups in total. The summed E-state index contributed by atoms with van der Waals surface area (Å²) >= 11 is 0. The first-order chi connectivity index (χ1) is 27.0. The van der Waals surface area contributed by atoms with E-state index in [0.717, 1.165) is 41.0 Å². The fourth-order valence-corrected chi connectivity index (χ4v) is 14.2. The highest BCUT2D eigenvalue weighted by molar-refractivity contribution is 6.91. The van der Waals surface area contributed by atoms with Crippen molar-refractivity contribution in [2.24, 2.45) is 5.92 Å². The van der Waals surface area contributed by atoms with Gasteiger partial charge in [0.25, 0.3) is 17.5 Å². The number of methoxy groups -OCH3 is 1. The summed E-state index contributed by atoms with van der Waals surface area (Å²) in [7, 11) is -0.793. The van der Waals surface area contributed by atoms with E-state index in [1.54, 1.807) is 18.1 Å². The Bertz CT molecular complexity index is 2130. The zero-order chi connectivity index (χ0) is 39.4. The lowest BCUT2D eigenvalue weighted by molar-refractivity contribution is -0.385. The van der Waals surface area contributed by atoms with Crippen molar-refractivity contribution in [3.63, 3.8) is 0 Å². The van der Waals surface area contributed by atoms with Gasteiger partial charge in [0, 0.05) is 41.6 Å². The molecule has 0 aliphatic carbocycles. The van der Waals surface area contributed by atoms with Crippen molar-refractivity contribution in [1.82, 2.24) is 5.32 Å². The molecular formula is C43H49N5O7Si. The SMILES string of the molecule is COc1ccc([Si](C)(C)[C@@H]2[C@@H](CCO)O[C@]3(C(=O)N(Cc4ccc(N5CN(c6ccccc6)C6(CCNCC6)C5=O)cc4)c4ccc([N+](=O)[O-])cc43)[C@H]2C)cc1. The van der Waals surface area contributed by atoms with Gasteiger partial charge in [0.05, 0.1) is 45.1 Å². The van der Waals surface area contributed by atoms with E-state index in [2.05, 4.69) is 47.6 Å². The van der Waals surface area contributed by atoms with Crippen molar-refractivity contribution in [3.8, 4) is 5.75 Å². The minimum absolute atomic E-state index is 0.0864. The highest BCUT2D eigenvalue weighted by Crippen LogP contribution is 2.60. The lowest BCUT2D eigenvalue weighted by Gasteiger charge is -2.39. The number of amides is 2. The van der Waals surface area contributed by atoms with Crippen LogP contribution in [0.3, 0.4) is 0 Å². The molecule has 3 saturated heterocycles. The first kappa shape index (κ1) is 37.8. The maximum absolute atomic E-state index is 15.1. The number of ether oxygens (including phenoxy) is 2. The van der Waals surface area contributed by atoms with Crippen LogP contribution in [0.2, 0.25) is 18.6 Å². The molecule has 0 radical (unpaired) electrons. The van der Waals surface area contributed by atoms with Gasteiger partial charge in [-0.1, -0.05) is 67.7 Å². The van der Waals surface area contributed by atoms with Crippen LogP contribution < -0.4 is 29.9 Å². The number of rotatable bonds is 10. The number of nitro groups is 1. The summed E-state index contributed by atoms with van der Waals surface area (Å²) in [5.41, 5.74) is 1.39. The minimum atomic E-state index is -2.42. The summed E-state index contributed by atoms with van der Waals surface area (Å²) in [5.74, 6) is 0.207. The third-order valence-electron chi connectivity index (χ3n) is 13.0. The number of benzene rings is 4. The molecule has 3 fully saturated rings. The summed E-state index contributed by atoms with van der Waals surface area (Å²) in [6, 6.07) is 30.5. The van der Waals surface area contributed by atoms with E-state index in [0.29, 0.717) is 37.2 Å². The first-order valence-electron chi connectivity index (χ1n) is 19.4. The average Bonchev–Trinajstić information content (AvgIpc) is 3.76. The number of aliphatic hydroxyl groups excluding tert-OH is 1. The molecular weight excluding hydrogens is 727 g/mol. The first-order valence-corrected chi connectivity index (χ1v) is 22.5. The smallest absolute Gasteiger partial charge is 0.269 e. The summed E-state index contributed by atoms with van der Waals surface area (Å²) in [5, 5.41) is 27.0. The molecule has 0 unspecified atom stereocenters. The van der Waals surface area contributed by atoms with Crippen LogP contribution in [0.15, 0.2) is 97.1 Å². The Kier molecular flexibility index (Phi) is 9.76. The van der Waals surface area contributed by atoms with Gasteiger partial charge in [0.15, 0.2) is 5.60 Å². The summed E-state index contributed by atoms with van der Waals surface area (Å²) in [6.45, 7) is 8.59. The topological polar surface area (TPSA) is 138 Å². The largest absolute Gasteiger partial charge is 0.497 e. The molecule has 4 atom stereocenters. The predicted molar refractivity (Wildman–Crippen MR) is 218 cm³/mol. The lowest BCUT2D eigenvalue weighted by Crippen LogP contribution is -2.55. The molecule has 2 amide bonds. The number of para-hydroxylation sites is 1. The van der Waals surface area contributed by atoms with E-state index >= 15 is 4.79 Å². The van der Waals surface area contributed by atoms with Crippen molar-refractivity contribution >= 4 is 47.8 Å². The van der Waals surface area contributed by atoms with E-state index in [1.807, 2.05) is 66.4 Å². The van der Waals surface area contributed by atoms with Gasteiger partial charge in [-0.25, -0.2) is 0 Å². The number of non-ortho nitro benzene ring substituents is 1. The van der Waals surface area contributed by atoms with E-state index < -0.39 is 30.2 Å². The number of anilines is 3. The number of piperidine rings is 1. The van der Waals surface area contributed by atoms with Gasteiger partial charge in [-0.05, 0) is 85.9 Å². The Morgan fingerprint density at radius 2 is 1.64 bits per heavy atom. The van der Waals surface area contributed by atoms with Crippen LogP contribution >= 0.6 is 0 Å². The Morgan fingerprint density at radius 1 is 0.946 bits per heavy atom. The molecule has 12 nitrogen and oxygen atoms in total. The number of fused-ring (bicyclic) bond motifs is 2. The molecule has 4 aliphatic rings. The van der Waals surface area contributed by atoms with Crippen LogP contribution in [0.5, 0.6) is 5.75 Å². The second-order valence-corrected chi connectivity index (χ2v) is 20.8. The number of nitro benzene ring substituents is 1. The van der Waals surface area contributed by atoms with Gasteiger partial charge in [-0.3, -0.25) is 24.6 Å². The van der Waals surface area contributed by atoms with E-state index in [-0.39, 0.29) is 42.1 Å². The van der Waals surface area contributed by atoms with Crippen molar-refractivity contribution < 1.29 is 29.1 Å². The van der Waals surface area contributed by atoms with Gasteiger partial charge in [0.2, 0.25) is 0 Å². The second-order valence-electron chi connectivity index (χ2n) is 16.1. The van der Waals surface area contributed by atoms with Crippen LogP contribution in [0.25, 0.3) is 0 Å². The van der Waals surface area contributed by atoms with E-state index in [4.69, 9.17) is 9.47 Å². The minimum Gasteiger partial charge on any atom is -0.497 e. The molecule has 0 aromatic heterocycles. The maximum atomic E-state index is 15.1. The van der Waals surface area contributed by atoms with Gasteiger partial charge in [0.1, 0.15) is 11.3 Å². The number of carbonyl (C=O) groups is 2. The number of aliphatic hydroxyl groups is 1. The monoisotopic (exact) mass is 775 g/mol. The fraction of sp³-hybridized carbons (Fsp3) is 0.395. The Hall–Kier alpha value is -5.08. The molecule has 2 spiro atoms. The van der Waals surface area contributed by atoms with E-state index in [1.165, 1.54) is 12.1 Å². The van der Waals surface area contributed by atoms with Crippen molar-refractivity contribution in [1.29, 1.82) is 0 Å². The Morgan fingerprint density at radius 3 is 2.29 bits per heavy atom. The zero-order valence-corrected chi connectivity index (χ0v) is 33.3. The van der Waals surface area contributed by atoms with Crippen molar-refractivity contribution in [2.75, 3.05) is 48.2 Å². The molecule has 0 saturated carbocycles. The number of nitrogens with one attached hydrogen (secondary N) is 1. The molecule has 13 heteroatoms. The van der Waals surface area contributed by atoms with E-state index in [9.17, 15) is 20.0 Å². The number of carbonyl (C=O) groups excluding carboxylic acids is 2. The Balaban J connectivity index is 1.12. The zero-order valence-electron chi connectivity index (χ0n) is 32.3. The number of hydrogen-bond acceptors (Lipinski definition) is 9. The van der Waals surface area contributed by atoms with Crippen LogP contribution in [-0.2, 0) is 26.5 Å². The van der Waals surface area contributed by atoms with Crippen LogP contribution in [-0.4, -0.2) is 75.0 Å². The summed E-state index contributed by atoms with van der Waals surface area (Å²) < 4.78 is 12.4. The molecule has 0 bridgehead atoms. The standard InChI is InChI=1S/C43H49N5O7Si/c1-29-39(56(3,4)35-17-15-34(54-2)16-18-35)38(20-25-49)55-43(29)36-26-33(48(52)53)14-19-37(36)45(41(43)51)27-30-10-12-31(13-11-30)46-28-47(32-8-6-5-7-9-32)42(40(46)50)21-23-44-24-22-42/h5-19,26,29,38-39,44,49H,20-25,27-28H2,1-4H3/t29-,38+,39-,43+/m0/s1. The number of hydrogen-bond donors (Lipinski definition) is 2. The third-order valence-corrected chi connectivity index (χ3v) is 17.3. The highest BCUT2D eigenvalue weighted by Gasteiger charge is 2.66. The fourth-order valence-electron chi connectivity index (χ4n) is 10.1. The molecule has 4 heterocycles. The quantitative estimate of drug-likeness (QED) is 0.118. The van der Waals surface area contributed by atoms with Crippen molar-refractivity contribution in [2.45, 2.75) is 68.6 Å². The van der Waals surface area contributed by atoms with Gasteiger partial charge >= 0.3 is 0 Å². The number of nitrogens with zero attached hydrogens (tertiary/aromatic N) is 4. The molecule has 4 aliphatic heterocycles. The summed E-state index contributed by atoms with van der Waals surface area (Å²) in [4.78, 5) is 46.8. The molecule has 292 valence electrons. The third kappa shape index (κ3) is 5.90. The summed E-state index contributed by atoms with van der Waals surface area (Å²) in [6.07, 6.45) is 1.31. The predicted octanol–water partition coefficient (Wildman–Crippen LogP) is 5.68. The highest BCUT2D eigenvalue weighted by atomic mass is 28.3. The van der Waals surface area contributed by atoms with Crippen LogP contribution in [0.1, 0.15) is 37.3 Å². The molecule has 4 aromatic carbocycles. The second kappa shape index (κ2) is 14.5. The molecule has 4 aromatic rings. The van der Waals surface area contributed by atoms with Gasteiger partial charge < -0.3 is 29.7 Å². The lowest BCUT2D eigenvalue weighted by atomic mass is 9.82. The average molecular weight is 776 g/mol.